The number of amides is 1. The summed E-state index contributed by atoms with van der Waals surface area (Å²) in [4.78, 5) is 14.1. The Hall–Kier alpha value is -0.810. The number of hydrogen-bond acceptors (Lipinski definition) is 3. The summed E-state index contributed by atoms with van der Waals surface area (Å²) in [5, 5.41) is 4.27. The highest BCUT2D eigenvalue weighted by atomic mass is 35.5. The van der Waals surface area contributed by atoms with E-state index in [1.165, 1.54) is 7.11 Å². The minimum atomic E-state index is -0.0607. The highest BCUT2D eigenvalue weighted by molar-refractivity contribution is 6.42. The van der Waals surface area contributed by atoms with E-state index in [1.807, 2.05) is 6.07 Å². The lowest BCUT2D eigenvalue weighted by atomic mass is 9.97. The molecule has 1 fully saturated rings. The lowest BCUT2D eigenvalue weighted by Gasteiger charge is -2.30. The minimum absolute atomic E-state index is 0.0607. The number of nitrogens with zero attached hydrogens (tertiary/aromatic N) is 1. The van der Waals surface area contributed by atoms with Crippen LogP contribution in [0, 0.1) is 5.92 Å². The molecule has 0 unspecified atom stereocenters. The van der Waals surface area contributed by atoms with Crippen LogP contribution in [-0.4, -0.2) is 39.3 Å². The van der Waals surface area contributed by atoms with Crippen LogP contribution in [0.4, 0.5) is 5.69 Å². The lowest BCUT2D eigenvalue weighted by molar-refractivity contribution is -0.122. The van der Waals surface area contributed by atoms with Crippen LogP contribution >= 0.6 is 23.2 Å². The van der Waals surface area contributed by atoms with E-state index >= 15 is 0 Å². The molecule has 4 nitrogen and oxygen atoms in total. The molecule has 1 aromatic rings. The van der Waals surface area contributed by atoms with E-state index in [-0.39, 0.29) is 12.5 Å². The Labute approximate surface area is 135 Å². The van der Waals surface area contributed by atoms with Crippen LogP contribution in [0.15, 0.2) is 18.2 Å². The Morgan fingerprint density at radius 3 is 2.67 bits per heavy atom. The van der Waals surface area contributed by atoms with E-state index in [0.29, 0.717) is 22.5 Å². The molecular formula is C15H20Cl2N2O2. The van der Waals surface area contributed by atoms with Crippen LogP contribution in [0.2, 0.25) is 10.0 Å². The third-order valence-electron chi connectivity index (χ3n) is 3.68. The van der Waals surface area contributed by atoms with E-state index in [9.17, 15) is 4.79 Å². The Morgan fingerprint density at radius 1 is 1.33 bits per heavy atom. The number of ether oxygens (including phenoxy) is 1. The molecule has 6 heteroatoms. The largest absolute Gasteiger partial charge is 0.375 e. The van der Waals surface area contributed by atoms with E-state index in [0.717, 1.165) is 31.6 Å². The van der Waals surface area contributed by atoms with Crippen molar-refractivity contribution in [3.05, 3.63) is 28.2 Å². The molecule has 1 amide bonds. The van der Waals surface area contributed by atoms with Crippen molar-refractivity contribution in [1.29, 1.82) is 0 Å². The first-order chi connectivity index (χ1) is 10.1. The maximum absolute atomic E-state index is 12.3. The first kappa shape index (κ1) is 16.6. The molecule has 2 rings (SSSR count). The van der Waals surface area contributed by atoms with Gasteiger partial charge in [-0.2, -0.15) is 0 Å². The van der Waals surface area contributed by atoms with Crippen LogP contribution in [0.5, 0.6) is 0 Å². The monoisotopic (exact) mass is 330 g/mol. The van der Waals surface area contributed by atoms with Crippen molar-refractivity contribution in [2.24, 2.45) is 5.92 Å². The first-order valence-electron chi connectivity index (χ1n) is 7.07. The predicted molar refractivity (Wildman–Crippen MR) is 86.3 cm³/mol. The number of benzene rings is 1. The Kier molecular flexibility index (Phi) is 6.30. The van der Waals surface area contributed by atoms with Crippen LogP contribution in [0.25, 0.3) is 0 Å². The number of carbonyl (C=O) groups is 1. The van der Waals surface area contributed by atoms with Gasteiger partial charge in [0.1, 0.15) is 6.61 Å². The summed E-state index contributed by atoms with van der Waals surface area (Å²) in [5.41, 5.74) is 0.769. The van der Waals surface area contributed by atoms with Crippen molar-refractivity contribution >= 4 is 34.8 Å². The fraction of sp³-hybridized carbons (Fsp3) is 0.533. The van der Waals surface area contributed by atoms with E-state index < -0.39 is 0 Å². The fourth-order valence-corrected chi connectivity index (χ4v) is 2.82. The van der Waals surface area contributed by atoms with Gasteiger partial charge >= 0.3 is 0 Å². The summed E-state index contributed by atoms with van der Waals surface area (Å²) in [7, 11) is 1.52. The molecule has 0 spiro atoms. The van der Waals surface area contributed by atoms with Gasteiger partial charge in [0.2, 0.25) is 0 Å². The summed E-state index contributed by atoms with van der Waals surface area (Å²) in [5.74, 6) is 0.427. The maximum atomic E-state index is 12.3. The van der Waals surface area contributed by atoms with Crippen LogP contribution in [0.3, 0.4) is 0 Å². The number of nitrogens with one attached hydrogen (secondary N) is 1. The number of halogens is 2. The second-order valence-electron chi connectivity index (χ2n) is 5.23. The van der Waals surface area contributed by atoms with Gasteiger partial charge in [0.05, 0.1) is 10.0 Å². The Morgan fingerprint density at radius 2 is 2.05 bits per heavy atom. The molecule has 1 aliphatic heterocycles. The molecule has 1 heterocycles. The van der Waals surface area contributed by atoms with Crippen LogP contribution < -0.4 is 10.2 Å². The highest BCUT2D eigenvalue weighted by Crippen LogP contribution is 2.28. The summed E-state index contributed by atoms with van der Waals surface area (Å²) < 4.78 is 4.99. The molecule has 1 aromatic carbocycles. The third-order valence-corrected chi connectivity index (χ3v) is 4.42. The van der Waals surface area contributed by atoms with Crippen molar-refractivity contribution in [2.75, 3.05) is 38.3 Å². The number of anilines is 1. The molecule has 0 aliphatic carbocycles. The molecule has 116 valence electrons. The highest BCUT2D eigenvalue weighted by Gasteiger charge is 2.22. The van der Waals surface area contributed by atoms with Gasteiger partial charge in [0, 0.05) is 19.3 Å². The van der Waals surface area contributed by atoms with Gasteiger partial charge in [0.25, 0.3) is 5.91 Å². The van der Waals surface area contributed by atoms with Gasteiger partial charge in [-0.3, -0.25) is 4.79 Å². The number of rotatable bonds is 5. The maximum Gasteiger partial charge on any atom is 0.252 e. The topological polar surface area (TPSA) is 41.6 Å². The van der Waals surface area contributed by atoms with Gasteiger partial charge in [-0.05, 0) is 50.0 Å². The van der Waals surface area contributed by atoms with Crippen molar-refractivity contribution in [2.45, 2.75) is 12.8 Å². The van der Waals surface area contributed by atoms with Gasteiger partial charge < -0.3 is 15.0 Å². The summed E-state index contributed by atoms with van der Waals surface area (Å²) in [6.45, 7) is 2.74. The first-order valence-corrected chi connectivity index (χ1v) is 7.82. The summed E-state index contributed by atoms with van der Waals surface area (Å²) in [6.07, 6.45) is 2.14. The molecule has 21 heavy (non-hydrogen) atoms. The zero-order valence-electron chi connectivity index (χ0n) is 12.1. The molecule has 1 aliphatic rings. The number of piperidine rings is 1. The molecule has 0 saturated carbocycles. The molecule has 0 radical (unpaired) electrons. The summed E-state index contributed by atoms with van der Waals surface area (Å²) >= 11 is 12.0. The third kappa shape index (κ3) is 4.58. The van der Waals surface area contributed by atoms with Crippen molar-refractivity contribution < 1.29 is 9.53 Å². The molecule has 1 saturated heterocycles. The number of carbonyl (C=O) groups excluding carboxylic acids is 1. The fourth-order valence-electron chi connectivity index (χ4n) is 2.53. The van der Waals surface area contributed by atoms with Crippen LogP contribution in [-0.2, 0) is 9.53 Å². The second kappa shape index (κ2) is 7.99. The SMILES string of the molecule is COCC(=O)N(CC1CCNCC1)c1ccc(Cl)c(Cl)c1. The molecule has 0 bridgehead atoms. The van der Waals surface area contributed by atoms with E-state index in [2.05, 4.69) is 5.32 Å². The predicted octanol–water partition coefficient (Wildman–Crippen LogP) is 2.97. The van der Waals surface area contributed by atoms with Gasteiger partial charge in [-0.15, -0.1) is 0 Å². The quantitative estimate of drug-likeness (QED) is 0.902. The van der Waals surface area contributed by atoms with E-state index in [4.69, 9.17) is 27.9 Å². The molecule has 0 atom stereocenters. The summed E-state index contributed by atoms with van der Waals surface area (Å²) in [6, 6.07) is 5.27. The average Bonchev–Trinajstić information content (AvgIpc) is 2.49. The molecular weight excluding hydrogens is 311 g/mol. The minimum Gasteiger partial charge on any atom is -0.375 e. The smallest absolute Gasteiger partial charge is 0.252 e. The van der Waals surface area contributed by atoms with Gasteiger partial charge in [-0.1, -0.05) is 23.2 Å². The zero-order chi connectivity index (χ0) is 15.2. The number of methoxy groups -OCH3 is 1. The van der Waals surface area contributed by atoms with E-state index in [1.54, 1.807) is 17.0 Å². The van der Waals surface area contributed by atoms with Gasteiger partial charge in [0.15, 0.2) is 0 Å². The second-order valence-corrected chi connectivity index (χ2v) is 6.04. The van der Waals surface area contributed by atoms with Crippen molar-refractivity contribution in [3.8, 4) is 0 Å². The Balaban J connectivity index is 2.17. The number of hydrogen-bond donors (Lipinski definition) is 1. The molecule has 1 N–H and O–H groups in total. The van der Waals surface area contributed by atoms with Gasteiger partial charge in [-0.25, -0.2) is 0 Å². The normalized spacial score (nSPS) is 16.0. The lowest BCUT2D eigenvalue weighted by Crippen LogP contribution is -2.41. The Bertz CT molecular complexity index is 491. The zero-order valence-corrected chi connectivity index (χ0v) is 13.6. The molecule has 0 aromatic heterocycles. The standard InChI is InChI=1S/C15H20Cl2N2O2/c1-21-10-15(20)19(9-11-4-6-18-7-5-11)12-2-3-13(16)14(17)8-12/h2-3,8,11,18H,4-7,9-10H2,1H3. The van der Waals surface area contributed by atoms with Crippen molar-refractivity contribution in [3.63, 3.8) is 0 Å². The average molecular weight is 331 g/mol. The van der Waals surface area contributed by atoms with Crippen molar-refractivity contribution in [1.82, 2.24) is 5.32 Å². The van der Waals surface area contributed by atoms with Crippen LogP contribution in [0.1, 0.15) is 12.8 Å².